The lowest BCUT2D eigenvalue weighted by Crippen LogP contribution is -2.48. The number of aliphatic hydroxyl groups excluding tert-OH is 1. The van der Waals surface area contributed by atoms with Gasteiger partial charge >= 0.3 is 0 Å². The standard InChI is InChI=1S/C34H43N3O5S/c1-25-32(23-37-20-8-11-30(37)22-36-18-5-6-19-36)41-34(42-33(25)27-16-14-26(24-38)15-17-27)28-9-7-10-29(21-28)35-43(39,40)31-12-3-2-4-13-31/h2-4,7,9-10,12-17,21,25,30,32-35,38H,5-6,8,11,18-20,22-24H2,1H3/t25-,30-,32+,33+,34+/m0/s1. The van der Waals surface area contributed by atoms with Crippen molar-refractivity contribution >= 4 is 15.7 Å². The molecule has 0 aromatic heterocycles. The maximum Gasteiger partial charge on any atom is 0.261 e. The Balaban J connectivity index is 1.24. The molecule has 0 spiro atoms. The number of benzene rings is 3. The molecule has 0 amide bonds. The second-order valence-electron chi connectivity index (χ2n) is 12.2. The first-order chi connectivity index (χ1) is 20.9. The largest absolute Gasteiger partial charge is 0.392 e. The summed E-state index contributed by atoms with van der Waals surface area (Å²) in [5, 5.41) is 9.58. The van der Waals surface area contributed by atoms with Gasteiger partial charge in [0.2, 0.25) is 0 Å². The third kappa shape index (κ3) is 7.14. The second kappa shape index (κ2) is 13.5. The van der Waals surface area contributed by atoms with Crippen molar-refractivity contribution in [2.75, 3.05) is 37.4 Å². The lowest BCUT2D eigenvalue weighted by molar-refractivity contribution is -0.276. The maximum atomic E-state index is 13.0. The van der Waals surface area contributed by atoms with Crippen LogP contribution in [0.4, 0.5) is 5.69 Å². The van der Waals surface area contributed by atoms with E-state index in [1.54, 1.807) is 42.5 Å². The van der Waals surface area contributed by atoms with Crippen molar-refractivity contribution in [3.63, 3.8) is 0 Å². The molecule has 8 nitrogen and oxygen atoms in total. The van der Waals surface area contributed by atoms with Crippen molar-refractivity contribution in [2.24, 2.45) is 5.92 Å². The number of anilines is 1. The van der Waals surface area contributed by atoms with Crippen LogP contribution in [0.5, 0.6) is 0 Å². The van der Waals surface area contributed by atoms with Crippen molar-refractivity contribution in [2.45, 2.75) is 68.6 Å². The van der Waals surface area contributed by atoms with E-state index < -0.39 is 16.3 Å². The normalized spacial score (nSPS) is 27.0. The summed E-state index contributed by atoms with van der Waals surface area (Å²) in [6.45, 7) is 7.61. The van der Waals surface area contributed by atoms with Gasteiger partial charge in [-0.05, 0) is 80.7 Å². The van der Waals surface area contributed by atoms with Crippen LogP contribution in [0.3, 0.4) is 0 Å². The summed E-state index contributed by atoms with van der Waals surface area (Å²) in [7, 11) is -3.74. The number of hydrogen-bond acceptors (Lipinski definition) is 7. The SMILES string of the molecule is C[C@H]1[C@@H](CN2CCC[C@H]2CN2CCCC2)O[C@@H](c2cccc(NS(=O)(=O)c3ccccc3)c2)O[C@H]1c1ccc(CO)cc1. The Morgan fingerprint density at radius 1 is 0.860 bits per heavy atom. The molecule has 3 saturated heterocycles. The van der Waals surface area contributed by atoms with Crippen molar-refractivity contribution in [3.05, 3.63) is 95.6 Å². The van der Waals surface area contributed by atoms with Crippen molar-refractivity contribution in [3.8, 4) is 0 Å². The Bertz CT molecular complexity index is 1450. The van der Waals surface area contributed by atoms with Crippen molar-refractivity contribution in [1.82, 2.24) is 9.80 Å². The highest BCUT2D eigenvalue weighted by Gasteiger charge is 2.41. The van der Waals surface area contributed by atoms with E-state index in [0.29, 0.717) is 11.7 Å². The molecule has 43 heavy (non-hydrogen) atoms. The van der Waals surface area contributed by atoms with Gasteiger partial charge in [0, 0.05) is 36.3 Å². The van der Waals surface area contributed by atoms with Crippen LogP contribution in [0.1, 0.15) is 61.7 Å². The van der Waals surface area contributed by atoms with Crippen LogP contribution >= 0.6 is 0 Å². The van der Waals surface area contributed by atoms with E-state index >= 15 is 0 Å². The molecule has 6 rings (SSSR count). The van der Waals surface area contributed by atoms with Gasteiger partial charge in [-0.15, -0.1) is 0 Å². The minimum absolute atomic E-state index is 0.00519. The summed E-state index contributed by atoms with van der Waals surface area (Å²) in [6, 6.07) is 24.1. The zero-order valence-corrected chi connectivity index (χ0v) is 25.7. The predicted molar refractivity (Wildman–Crippen MR) is 167 cm³/mol. The molecular formula is C34H43N3O5S. The molecule has 3 aromatic carbocycles. The van der Waals surface area contributed by atoms with Gasteiger partial charge in [0.15, 0.2) is 6.29 Å². The van der Waals surface area contributed by atoms with Crippen molar-refractivity contribution < 1.29 is 23.0 Å². The molecule has 3 aliphatic rings. The second-order valence-corrected chi connectivity index (χ2v) is 13.8. The van der Waals surface area contributed by atoms with Crippen LogP contribution in [0, 0.1) is 5.92 Å². The monoisotopic (exact) mass is 605 g/mol. The first-order valence-corrected chi connectivity index (χ1v) is 17.0. The molecule has 0 aliphatic carbocycles. The summed E-state index contributed by atoms with van der Waals surface area (Å²) in [6.07, 6.45) is 4.05. The van der Waals surface area contributed by atoms with E-state index in [1.165, 1.54) is 38.8 Å². The number of ether oxygens (including phenoxy) is 2. The average Bonchev–Trinajstić information content (AvgIpc) is 3.71. The topological polar surface area (TPSA) is 91.3 Å². The molecule has 0 unspecified atom stereocenters. The molecule has 3 fully saturated rings. The van der Waals surface area contributed by atoms with Gasteiger partial charge in [0.05, 0.1) is 23.7 Å². The van der Waals surface area contributed by atoms with Crippen molar-refractivity contribution in [1.29, 1.82) is 0 Å². The van der Waals surface area contributed by atoms with Crippen LogP contribution in [-0.4, -0.2) is 68.2 Å². The Hall–Kier alpha value is -2.79. The molecule has 5 atom stereocenters. The minimum atomic E-state index is -3.74. The van der Waals surface area contributed by atoms with Gasteiger partial charge < -0.3 is 19.5 Å². The fraction of sp³-hybridized carbons (Fsp3) is 0.471. The third-order valence-corrected chi connectivity index (χ3v) is 10.6. The van der Waals surface area contributed by atoms with Gasteiger partial charge in [0.25, 0.3) is 10.0 Å². The minimum Gasteiger partial charge on any atom is -0.392 e. The fourth-order valence-electron chi connectivity index (χ4n) is 6.73. The zero-order chi connectivity index (χ0) is 29.8. The molecule has 230 valence electrons. The van der Waals surface area contributed by atoms with Gasteiger partial charge in [-0.2, -0.15) is 0 Å². The molecule has 0 saturated carbocycles. The Labute approximate surface area is 255 Å². The lowest BCUT2D eigenvalue weighted by atomic mass is 9.90. The highest BCUT2D eigenvalue weighted by Crippen LogP contribution is 2.42. The number of likely N-dealkylation sites (tertiary alicyclic amines) is 2. The van der Waals surface area contributed by atoms with Crippen LogP contribution in [0.2, 0.25) is 0 Å². The number of aliphatic hydroxyl groups is 1. The molecule has 3 heterocycles. The van der Waals surface area contributed by atoms with Crippen LogP contribution in [0.25, 0.3) is 0 Å². The Morgan fingerprint density at radius 3 is 2.37 bits per heavy atom. The summed E-state index contributed by atoms with van der Waals surface area (Å²) in [4.78, 5) is 5.42. The molecule has 3 aromatic rings. The van der Waals surface area contributed by atoms with Gasteiger partial charge in [-0.1, -0.05) is 61.5 Å². The summed E-state index contributed by atoms with van der Waals surface area (Å²) >= 11 is 0. The van der Waals surface area contributed by atoms with E-state index in [0.717, 1.165) is 36.3 Å². The van der Waals surface area contributed by atoms with Gasteiger partial charge in [0.1, 0.15) is 0 Å². The number of sulfonamides is 1. The smallest absolute Gasteiger partial charge is 0.261 e. The molecular weight excluding hydrogens is 562 g/mol. The fourth-order valence-corrected chi connectivity index (χ4v) is 7.80. The first-order valence-electron chi connectivity index (χ1n) is 15.5. The molecule has 0 bridgehead atoms. The van der Waals surface area contributed by atoms with E-state index in [4.69, 9.17) is 9.47 Å². The Kier molecular flexibility index (Phi) is 9.47. The number of nitrogens with zero attached hydrogens (tertiary/aromatic N) is 2. The number of rotatable bonds is 10. The summed E-state index contributed by atoms with van der Waals surface area (Å²) in [5.41, 5.74) is 3.12. The maximum absolute atomic E-state index is 13.0. The van der Waals surface area contributed by atoms with Crippen LogP contribution < -0.4 is 4.72 Å². The molecule has 2 N–H and O–H groups in total. The Morgan fingerprint density at radius 2 is 1.63 bits per heavy atom. The zero-order valence-electron chi connectivity index (χ0n) is 24.8. The molecule has 9 heteroatoms. The van der Waals surface area contributed by atoms with E-state index in [9.17, 15) is 13.5 Å². The summed E-state index contributed by atoms with van der Waals surface area (Å²) < 4.78 is 42.1. The highest BCUT2D eigenvalue weighted by molar-refractivity contribution is 7.92. The van der Waals surface area contributed by atoms with Gasteiger partial charge in [-0.3, -0.25) is 9.62 Å². The van der Waals surface area contributed by atoms with E-state index in [2.05, 4.69) is 21.4 Å². The van der Waals surface area contributed by atoms with E-state index in [1.807, 2.05) is 36.4 Å². The number of hydrogen-bond donors (Lipinski definition) is 2. The first kappa shape index (κ1) is 30.2. The van der Waals surface area contributed by atoms with Crippen LogP contribution in [-0.2, 0) is 26.1 Å². The van der Waals surface area contributed by atoms with Crippen LogP contribution in [0.15, 0.2) is 83.8 Å². The third-order valence-electron chi connectivity index (χ3n) is 9.17. The summed E-state index contributed by atoms with van der Waals surface area (Å²) in [5.74, 6) is 0.0871. The predicted octanol–water partition coefficient (Wildman–Crippen LogP) is 5.33. The quantitative estimate of drug-likeness (QED) is 0.323. The average molecular weight is 606 g/mol. The lowest BCUT2D eigenvalue weighted by Gasteiger charge is -2.43. The van der Waals surface area contributed by atoms with Gasteiger partial charge in [-0.25, -0.2) is 8.42 Å². The van der Waals surface area contributed by atoms with E-state index in [-0.39, 0.29) is 29.6 Å². The molecule has 0 radical (unpaired) electrons. The number of nitrogens with one attached hydrogen (secondary N) is 1. The molecule has 3 aliphatic heterocycles. The highest BCUT2D eigenvalue weighted by atomic mass is 32.2.